The molecule has 0 aliphatic carbocycles. The number of hydrogen-bond acceptors (Lipinski definition) is 6. The van der Waals surface area contributed by atoms with E-state index >= 15 is 0 Å². The number of unbranched alkanes of at least 4 members (excludes halogenated alkanes) is 2. The topological polar surface area (TPSA) is 110 Å². The van der Waals surface area contributed by atoms with Gasteiger partial charge in [0.25, 0.3) is 17.6 Å². The fourth-order valence-electron chi connectivity index (χ4n) is 2.75. The molecular weight excluding hydrogens is 388 g/mol. The monoisotopic (exact) mass is 414 g/mol. The Bertz CT molecular complexity index is 847. The lowest BCUT2D eigenvalue weighted by atomic mass is 10.1. The molecule has 160 valence electrons. The Labute approximate surface area is 175 Å². The van der Waals surface area contributed by atoms with E-state index in [0.717, 1.165) is 0 Å². The number of benzene rings is 1. The molecule has 8 nitrogen and oxygen atoms in total. The summed E-state index contributed by atoms with van der Waals surface area (Å²) >= 11 is 0. The summed E-state index contributed by atoms with van der Waals surface area (Å²) in [4.78, 5) is 60.0. The average molecular weight is 414 g/mol. The first-order chi connectivity index (χ1) is 14.1. The second-order valence-corrected chi connectivity index (χ2v) is 7.93. The molecule has 1 aliphatic rings. The van der Waals surface area contributed by atoms with E-state index in [9.17, 15) is 24.0 Å². The minimum atomic E-state index is -0.924. The van der Waals surface area contributed by atoms with Crippen LogP contribution >= 0.6 is 0 Å². The number of Topliss-reactive ketones (excluding diaryl/α,β-unsaturated/α-hetero) is 1. The molecule has 30 heavy (non-hydrogen) atoms. The maximum absolute atomic E-state index is 12.1. The molecule has 0 aromatic heterocycles. The van der Waals surface area contributed by atoms with E-state index in [-0.39, 0.29) is 23.3 Å². The van der Waals surface area contributed by atoms with Crippen LogP contribution in [0.3, 0.4) is 0 Å². The molecular formula is C22H26N2O6. The summed E-state index contributed by atoms with van der Waals surface area (Å²) in [6.45, 7) is 5.39. The third-order valence-corrected chi connectivity index (χ3v) is 4.20. The van der Waals surface area contributed by atoms with Gasteiger partial charge < -0.3 is 10.1 Å². The van der Waals surface area contributed by atoms with E-state index in [4.69, 9.17) is 4.74 Å². The standard InChI is InChI=1S/C22H26N2O6/c1-22(2,3)30-21(29)20(28)15-8-10-16(11-9-15)23-17(25)7-5-4-6-14-24-18(26)12-13-19(24)27/h8-13H,4-7,14H2,1-3H3,(H,23,25). The van der Waals surface area contributed by atoms with Crippen LogP contribution in [0.1, 0.15) is 56.8 Å². The molecule has 1 heterocycles. The Balaban J connectivity index is 1.71. The van der Waals surface area contributed by atoms with Gasteiger partial charge in [0.1, 0.15) is 5.60 Å². The van der Waals surface area contributed by atoms with E-state index in [1.807, 2.05) is 0 Å². The van der Waals surface area contributed by atoms with E-state index in [0.29, 0.717) is 37.9 Å². The van der Waals surface area contributed by atoms with Gasteiger partial charge in [-0.2, -0.15) is 0 Å². The van der Waals surface area contributed by atoms with Crippen LogP contribution in [0.15, 0.2) is 36.4 Å². The molecule has 1 aromatic carbocycles. The van der Waals surface area contributed by atoms with Gasteiger partial charge in [-0.15, -0.1) is 0 Å². The molecule has 0 unspecified atom stereocenters. The summed E-state index contributed by atoms with van der Waals surface area (Å²) in [5, 5.41) is 2.73. The SMILES string of the molecule is CC(C)(C)OC(=O)C(=O)c1ccc(NC(=O)CCCCCN2C(=O)C=CC2=O)cc1. The Morgan fingerprint density at radius 2 is 1.53 bits per heavy atom. The second kappa shape index (κ2) is 9.96. The van der Waals surface area contributed by atoms with Crippen LogP contribution in [-0.2, 0) is 23.9 Å². The van der Waals surface area contributed by atoms with Gasteiger partial charge in [-0.1, -0.05) is 6.42 Å². The predicted octanol–water partition coefficient (Wildman–Crippen LogP) is 2.63. The van der Waals surface area contributed by atoms with Crippen LogP contribution in [0.2, 0.25) is 0 Å². The van der Waals surface area contributed by atoms with Gasteiger partial charge in [-0.3, -0.25) is 24.1 Å². The molecule has 0 radical (unpaired) electrons. The summed E-state index contributed by atoms with van der Waals surface area (Å²) in [6.07, 6.45) is 4.75. The molecule has 0 saturated heterocycles. The van der Waals surface area contributed by atoms with Gasteiger partial charge in [-0.05, 0) is 57.9 Å². The highest BCUT2D eigenvalue weighted by Gasteiger charge is 2.24. The van der Waals surface area contributed by atoms with Gasteiger partial charge in [0.05, 0.1) is 0 Å². The largest absolute Gasteiger partial charge is 0.454 e. The van der Waals surface area contributed by atoms with Crippen LogP contribution in [0.5, 0.6) is 0 Å². The van der Waals surface area contributed by atoms with Crippen molar-refractivity contribution < 1.29 is 28.7 Å². The van der Waals surface area contributed by atoms with Crippen LogP contribution in [0.25, 0.3) is 0 Å². The molecule has 0 bridgehead atoms. The second-order valence-electron chi connectivity index (χ2n) is 7.93. The number of ether oxygens (including phenoxy) is 1. The quantitative estimate of drug-likeness (QED) is 0.219. The molecule has 2 rings (SSSR count). The third-order valence-electron chi connectivity index (χ3n) is 4.20. The summed E-state index contributed by atoms with van der Waals surface area (Å²) in [5.41, 5.74) is -0.0558. The maximum atomic E-state index is 12.1. The van der Waals surface area contributed by atoms with Gasteiger partial charge in [0, 0.05) is 36.4 Å². The number of carbonyl (C=O) groups excluding carboxylic acids is 5. The molecule has 1 aliphatic heterocycles. The number of ketones is 1. The number of hydrogen-bond donors (Lipinski definition) is 1. The molecule has 1 aromatic rings. The summed E-state index contributed by atoms with van der Waals surface area (Å²) in [6, 6.07) is 6.01. The maximum Gasteiger partial charge on any atom is 0.380 e. The smallest absolute Gasteiger partial charge is 0.380 e. The zero-order valence-electron chi connectivity index (χ0n) is 17.4. The number of anilines is 1. The highest BCUT2D eigenvalue weighted by Crippen LogP contribution is 2.14. The van der Waals surface area contributed by atoms with Gasteiger partial charge in [0.2, 0.25) is 5.91 Å². The van der Waals surface area contributed by atoms with Crippen LogP contribution in [0, 0.1) is 0 Å². The summed E-state index contributed by atoms with van der Waals surface area (Å²) in [7, 11) is 0. The summed E-state index contributed by atoms with van der Waals surface area (Å²) < 4.78 is 5.06. The van der Waals surface area contributed by atoms with E-state index in [1.54, 1.807) is 32.9 Å². The number of amides is 3. The van der Waals surface area contributed by atoms with Gasteiger partial charge in [0.15, 0.2) is 0 Å². The molecule has 0 fully saturated rings. The number of imide groups is 1. The van der Waals surface area contributed by atoms with Crippen molar-refractivity contribution >= 4 is 35.2 Å². The third kappa shape index (κ3) is 6.95. The Hall–Kier alpha value is -3.29. The zero-order chi connectivity index (χ0) is 22.3. The first kappa shape index (κ1) is 23.0. The lowest BCUT2D eigenvalue weighted by Crippen LogP contribution is -2.30. The zero-order valence-corrected chi connectivity index (χ0v) is 17.4. The predicted molar refractivity (Wildman–Crippen MR) is 110 cm³/mol. The molecule has 0 spiro atoms. The fraction of sp³-hybridized carbons (Fsp3) is 0.409. The number of carbonyl (C=O) groups is 5. The fourth-order valence-corrected chi connectivity index (χ4v) is 2.75. The number of nitrogens with zero attached hydrogens (tertiary/aromatic N) is 1. The molecule has 0 atom stereocenters. The van der Waals surface area contributed by atoms with Crippen LogP contribution in [-0.4, -0.2) is 46.5 Å². The van der Waals surface area contributed by atoms with E-state index in [2.05, 4.69) is 5.32 Å². The Morgan fingerprint density at radius 3 is 2.10 bits per heavy atom. The molecule has 0 saturated carbocycles. The van der Waals surface area contributed by atoms with E-state index in [1.165, 1.54) is 29.2 Å². The normalized spacial score (nSPS) is 13.5. The number of esters is 1. The molecule has 8 heteroatoms. The van der Waals surface area contributed by atoms with Crippen LogP contribution in [0.4, 0.5) is 5.69 Å². The number of rotatable bonds is 9. The van der Waals surface area contributed by atoms with Crippen molar-refractivity contribution in [2.24, 2.45) is 0 Å². The average Bonchev–Trinajstić information content (AvgIpc) is 2.98. The molecule has 1 N–H and O–H groups in total. The minimum Gasteiger partial charge on any atom is -0.454 e. The van der Waals surface area contributed by atoms with Crippen molar-refractivity contribution in [3.8, 4) is 0 Å². The van der Waals surface area contributed by atoms with Crippen molar-refractivity contribution in [1.29, 1.82) is 0 Å². The Kier molecular flexibility index (Phi) is 7.63. The number of nitrogens with one attached hydrogen (secondary N) is 1. The van der Waals surface area contributed by atoms with Crippen molar-refractivity contribution in [3.63, 3.8) is 0 Å². The lowest BCUT2D eigenvalue weighted by molar-refractivity contribution is -0.148. The first-order valence-electron chi connectivity index (χ1n) is 9.78. The minimum absolute atomic E-state index is 0.183. The van der Waals surface area contributed by atoms with Crippen molar-refractivity contribution in [2.75, 3.05) is 11.9 Å². The van der Waals surface area contributed by atoms with Gasteiger partial charge >= 0.3 is 5.97 Å². The Morgan fingerprint density at radius 1 is 0.933 bits per heavy atom. The first-order valence-corrected chi connectivity index (χ1v) is 9.78. The van der Waals surface area contributed by atoms with Crippen molar-refractivity contribution in [2.45, 2.75) is 52.1 Å². The van der Waals surface area contributed by atoms with Crippen molar-refractivity contribution in [1.82, 2.24) is 4.90 Å². The van der Waals surface area contributed by atoms with Crippen molar-refractivity contribution in [3.05, 3.63) is 42.0 Å². The highest BCUT2D eigenvalue weighted by molar-refractivity contribution is 6.40. The van der Waals surface area contributed by atoms with E-state index < -0.39 is 17.4 Å². The van der Waals surface area contributed by atoms with Crippen LogP contribution < -0.4 is 5.32 Å². The summed E-state index contributed by atoms with van der Waals surface area (Å²) in [5.74, 6) is -2.45. The van der Waals surface area contributed by atoms with Gasteiger partial charge in [-0.25, -0.2) is 4.79 Å². The lowest BCUT2D eigenvalue weighted by Gasteiger charge is -2.18. The molecule has 3 amide bonds. The highest BCUT2D eigenvalue weighted by atomic mass is 16.6.